The summed E-state index contributed by atoms with van der Waals surface area (Å²) in [6.07, 6.45) is -16.6. The number of carbonyl (C=O) groups is 1. The van der Waals surface area contributed by atoms with Crippen molar-refractivity contribution in [3.05, 3.63) is 0 Å². The van der Waals surface area contributed by atoms with Crippen molar-refractivity contribution in [2.75, 3.05) is 19.8 Å². The zero-order valence-corrected chi connectivity index (χ0v) is 39.0. The van der Waals surface area contributed by atoms with E-state index in [1.165, 1.54) is 0 Å². The fourth-order valence-electron chi connectivity index (χ4n) is 15.5. The molecule has 3 heterocycles. The van der Waals surface area contributed by atoms with Gasteiger partial charge in [0, 0.05) is 17.8 Å². The summed E-state index contributed by atoms with van der Waals surface area (Å²) in [6.45, 7) is 13.3. The van der Waals surface area contributed by atoms with Crippen LogP contribution in [0.4, 0.5) is 0 Å². The van der Waals surface area contributed by atoms with Gasteiger partial charge in [-0.05, 0) is 96.7 Å². The molecule has 8 rings (SSSR count). The Bertz CT molecular complexity index is 1700. The first-order valence-electron chi connectivity index (χ1n) is 24.2. The van der Waals surface area contributed by atoms with Crippen molar-refractivity contribution < 1.29 is 89.4 Å². The lowest BCUT2D eigenvalue weighted by Crippen LogP contribution is -2.66. The van der Waals surface area contributed by atoms with Crippen molar-refractivity contribution in [2.24, 2.45) is 56.7 Å². The predicted octanol–water partition coefficient (Wildman–Crippen LogP) is -0.519. The van der Waals surface area contributed by atoms with E-state index in [2.05, 4.69) is 34.6 Å². The molecule has 65 heavy (non-hydrogen) atoms. The highest BCUT2D eigenvalue weighted by atomic mass is 16.8. The molecule has 0 unspecified atom stereocenters. The van der Waals surface area contributed by atoms with Crippen molar-refractivity contribution in [3.63, 3.8) is 0 Å². The van der Waals surface area contributed by atoms with E-state index in [1.807, 2.05) is 13.8 Å². The highest BCUT2D eigenvalue weighted by Gasteiger charge is 2.86. The Kier molecular flexibility index (Phi) is 13.9. The Balaban J connectivity index is 1.05. The van der Waals surface area contributed by atoms with E-state index in [9.17, 15) is 61.0 Å². The first-order chi connectivity index (χ1) is 30.4. The normalized spacial score (nSPS) is 54.3. The standard InChI is InChI=1S/C47H78O18/c1-20(2)22(50)9-8-21(3)31-24(61-40-37(58)32(53)23(51)18-60-40)14-44(6)28-11-10-27-43(4,5)30(12-13-46(27)19-47(28,46)29(52)15-45(31,44)7)64-42-39(36(57)34(55)26(17-49)63-42)65-41-38(59)35(56)33(54)25(16-48)62-41/h20-21,23-42,48-49,51-59H,8-19H2,1-7H3/t21-,23+,24+,25-,26-,27+,28+,29-,30+,31+,32+,33-,34-,35+,36+,37-,38-,39-,40+,41+,42+,44+,45-,46-,47+/m1/s1. The van der Waals surface area contributed by atoms with Crippen LogP contribution in [-0.2, 0) is 33.2 Å². The molecule has 0 aromatic rings. The zero-order valence-electron chi connectivity index (χ0n) is 39.0. The van der Waals surface area contributed by atoms with E-state index in [0.717, 1.165) is 19.3 Å². The molecule has 0 aromatic heterocycles. The quantitative estimate of drug-likeness (QED) is 0.104. The van der Waals surface area contributed by atoms with Crippen molar-refractivity contribution in [3.8, 4) is 0 Å². The molecule has 374 valence electrons. The molecule has 8 fully saturated rings. The number of aliphatic hydroxyl groups is 11. The van der Waals surface area contributed by atoms with Gasteiger partial charge in [-0.15, -0.1) is 0 Å². The number of hydrogen-bond donors (Lipinski definition) is 11. The molecule has 0 aromatic carbocycles. The number of ketones is 1. The first-order valence-corrected chi connectivity index (χ1v) is 24.2. The minimum Gasteiger partial charge on any atom is -0.394 e. The summed E-state index contributed by atoms with van der Waals surface area (Å²) in [5.41, 5.74) is -1.98. The second-order valence-corrected chi connectivity index (χ2v) is 22.9. The molecule has 18 nitrogen and oxygen atoms in total. The maximum absolute atomic E-state index is 12.9. The summed E-state index contributed by atoms with van der Waals surface area (Å²) in [6, 6.07) is 0. The van der Waals surface area contributed by atoms with Crippen LogP contribution in [0.2, 0.25) is 0 Å². The number of carbonyl (C=O) groups excluding carboxylic acids is 1. The Hall–Kier alpha value is -1.01. The van der Waals surface area contributed by atoms with Crippen LogP contribution in [0, 0.1) is 56.7 Å². The highest BCUT2D eigenvalue weighted by Crippen LogP contribution is 2.89. The average Bonchev–Trinajstić information content (AvgIpc) is 3.89. The Morgan fingerprint density at radius 3 is 1.94 bits per heavy atom. The number of hydrogen-bond acceptors (Lipinski definition) is 18. The second kappa shape index (κ2) is 18.0. The molecule has 18 heteroatoms. The molecule has 0 amide bonds. The van der Waals surface area contributed by atoms with Gasteiger partial charge in [0.05, 0.1) is 38.1 Å². The molecule has 5 saturated carbocycles. The van der Waals surface area contributed by atoms with Crippen molar-refractivity contribution >= 4 is 5.78 Å². The summed E-state index contributed by atoms with van der Waals surface area (Å²) < 4.78 is 37.0. The lowest BCUT2D eigenvalue weighted by Gasteiger charge is -2.64. The molecule has 0 radical (unpaired) electrons. The van der Waals surface area contributed by atoms with Gasteiger partial charge in [-0.25, -0.2) is 0 Å². The van der Waals surface area contributed by atoms with Gasteiger partial charge < -0.3 is 84.6 Å². The summed E-state index contributed by atoms with van der Waals surface area (Å²) in [5.74, 6) is 0.132. The number of Topliss-reactive ketones (excluding diaryl/α,β-unsaturated/α-hetero) is 1. The summed E-state index contributed by atoms with van der Waals surface area (Å²) in [7, 11) is 0. The van der Waals surface area contributed by atoms with Gasteiger partial charge in [0.2, 0.25) is 0 Å². The molecule has 2 spiro atoms. The molecule has 8 aliphatic rings. The summed E-state index contributed by atoms with van der Waals surface area (Å²) in [5, 5.41) is 119. The molecular formula is C47H78O18. The van der Waals surface area contributed by atoms with E-state index >= 15 is 0 Å². The largest absolute Gasteiger partial charge is 0.394 e. The third-order valence-corrected chi connectivity index (χ3v) is 19.2. The minimum absolute atomic E-state index is 0.00336. The van der Waals surface area contributed by atoms with Gasteiger partial charge in [-0.1, -0.05) is 48.5 Å². The van der Waals surface area contributed by atoms with Gasteiger partial charge in [-0.3, -0.25) is 4.79 Å². The van der Waals surface area contributed by atoms with Crippen molar-refractivity contribution in [1.29, 1.82) is 0 Å². The van der Waals surface area contributed by atoms with Crippen LogP contribution in [-0.4, -0.2) is 186 Å². The third-order valence-electron chi connectivity index (χ3n) is 19.2. The van der Waals surface area contributed by atoms with E-state index < -0.39 is 134 Å². The molecule has 0 bridgehead atoms. The van der Waals surface area contributed by atoms with Gasteiger partial charge in [0.15, 0.2) is 18.9 Å². The summed E-state index contributed by atoms with van der Waals surface area (Å²) in [4.78, 5) is 12.9. The van der Waals surface area contributed by atoms with E-state index in [0.29, 0.717) is 38.5 Å². The SMILES string of the molecule is CC(C)C(=O)CC[C@@H](C)[C@H]1[C@@H](O[C@@H]2OC[C@H](O)[C@H](O)[C@H]2O)C[C@@]2(C)[C@@H]3CC[C@H]4C(C)(C)[C@@H](O[C@@H]5O[C@H](CO)[C@@H](O)[C@H](O)[C@H]5O[C@@H]5O[C@H](CO)[C@@H](O)[C@H](O)[C@H]5O)CC[C@@]45C[C@@]35[C@H](O)C[C@]12C. The summed E-state index contributed by atoms with van der Waals surface area (Å²) >= 11 is 0. The van der Waals surface area contributed by atoms with Crippen molar-refractivity contribution in [2.45, 2.75) is 211 Å². The zero-order chi connectivity index (χ0) is 47.5. The lowest BCUT2D eigenvalue weighted by molar-refractivity contribution is -0.377. The predicted molar refractivity (Wildman–Crippen MR) is 226 cm³/mol. The van der Waals surface area contributed by atoms with Crippen LogP contribution in [0.1, 0.15) is 106 Å². The molecule has 25 atom stereocenters. The Morgan fingerprint density at radius 1 is 0.677 bits per heavy atom. The van der Waals surface area contributed by atoms with Gasteiger partial charge >= 0.3 is 0 Å². The van der Waals surface area contributed by atoms with Gasteiger partial charge in [0.1, 0.15) is 72.9 Å². The second-order valence-electron chi connectivity index (χ2n) is 22.9. The number of rotatable bonds is 13. The fourth-order valence-corrected chi connectivity index (χ4v) is 15.5. The minimum atomic E-state index is -1.80. The number of fused-ring (bicyclic) bond motifs is 2. The average molecular weight is 931 g/mol. The van der Waals surface area contributed by atoms with Crippen LogP contribution in [0.15, 0.2) is 0 Å². The van der Waals surface area contributed by atoms with Crippen LogP contribution >= 0.6 is 0 Å². The van der Waals surface area contributed by atoms with Gasteiger partial charge in [-0.2, -0.15) is 0 Å². The van der Waals surface area contributed by atoms with Gasteiger partial charge in [0.25, 0.3) is 0 Å². The first kappa shape index (κ1) is 50.4. The third kappa shape index (κ3) is 7.74. The smallest absolute Gasteiger partial charge is 0.187 e. The molecule has 5 aliphatic carbocycles. The lowest BCUT2D eigenvalue weighted by atomic mass is 9.41. The Morgan fingerprint density at radius 2 is 1.29 bits per heavy atom. The van der Waals surface area contributed by atoms with Crippen LogP contribution in [0.3, 0.4) is 0 Å². The van der Waals surface area contributed by atoms with E-state index in [4.69, 9.17) is 28.4 Å². The maximum atomic E-state index is 12.9. The molecule has 11 N–H and O–H groups in total. The van der Waals surface area contributed by atoms with Crippen molar-refractivity contribution in [1.82, 2.24) is 0 Å². The highest BCUT2D eigenvalue weighted by molar-refractivity contribution is 5.80. The fraction of sp³-hybridized carbons (Fsp3) is 0.979. The molecule has 3 aliphatic heterocycles. The van der Waals surface area contributed by atoms with Crippen LogP contribution < -0.4 is 0 Å². The number of ether oxygens (including phenoxy) is 6. The maximum Gasteiger partial charge on any atom is 0.187 e. The van der Waals surface area contributed by atoms with E-state index in [-0.39, 0.29) is 52.8 Å². The van der Waals surface area contributed by atoms with Crippen LogP contribution in [0.5, 0.6) is 0 Å². The number of aliphatic hydroxyl groups excluding tert-OH is 11. The monoisotopic (exact) mass is 931 g/mol. The Labute approximate surface area is 381 Å². The van der Waals surface area contributed by atoms with E-state index in [1.54, 1.807) is 0 Å². The topological polar surface area (TPSA) is 295 Å². The van der Waals surface area contributed by atoms with Crippen LogP contribution in [0.25, 0.3) is 0 Å². The molecule has 3 saturated heterocycles. The molecular weight excluding hydrogens is 852 g/mol.